The number of aromatic hydroxyl groups is 1. The van der Waals surface area contributed by atoms with E-state index in [4.69, 9.17) is 27.9 Å². The molecule has 2 aromatic carbocycles. The van der Waals surface area contributed by atoms with Crippen LogP contribution in [0.5, 0.6) is 5.75 Å². The molecule has 0 saturated carbocycles. The van der Waals surface area contributed by atoms with Crippen molar-refractivity contribution in [1.29, 1.82) is 0 Å². The van der Waals surface area contributed by atoms with E-state index in [9.17, 15) is 9.90 Å². The summed E-state index contributed by atoms with van der Waals surface area (Å²) < 4.78 is 0. The minimum Gasteiger partial charge on any atom is -0.507 e. The van der Waals surface area contributed by atoms with Gasteiger partial charge in [0.2, 0.25) is 17.8 Å². The van der Waals surface area contributed by atoms with Crippen LogP contribution in [0.3, 0.4) is 0 Å². The van der Waals surface area contributed by atoms with Gasteiger partial charge in [-0.25, -0.2) is 0 Å². The van der Waals surface area contributed by atoms with Gasteiger partial charge >= 0.3 is 0 Å². The fraction of sp³-hybridized carbons (Fsp3) is 0.429. The number of piperidine rings is 2. The zero-order valence-corrected chi connectivity index (χ0v) is 23.4. The predicted octanol–water partition coefficient (Wildman–Crippen LogP) is 0.919. The number of rotatable bonds is 6. The van der Waals surface area contributed by atoms with Crippen LogP contribution in [0.2, 0.25) is 0 Å². The summed E-state index contributed by atoms with van der Waals surface area (Å²) in [5.74, 6) is 0.889. The van der Waals surface area contributed by atoms with Crippen LogP contribution >= 0.6 is 0 Å². The molecule has 5 rings (SSSR count). The summed E-state index contributed by atoms with van der Waals surface area (Å²) in [4.78, 5) is 30.9. The average Bonchev–Trinajstić information content (AvgIpc) is 2.90. The zero-order valence-electron chi connectivity index (χ0n) is 23.4. The van der Waals surface area contributed by atoms with Crippen molar-refractivity contribution in [3.8, 4) is 5.75 Å². The van der Waals surface area contributed by atoms with Gasteiger partial charge in [0, 0.05) is 61.7 Å². The molecule has 13 heteroatoms. The highest BCUT2D eigenvalue weighted by Crippen LogP contribution is 2.27. The molecule has 3 heterocycles. The molecule has 1 aromatic heterocycles. The van der Waals surface area contributed by atoms with E-state index < -0.39 is 5.91 Å². The lowest BCUT2D eigenvalue weighted by Gasteiger charge is -2.37. The highest BCUT2D eigenvalue weighted by Gasteiger charge is 2.29. The Morgan fingerprint density at radius 3 is 1.80 bits per heavy atom. The summed E-state index contributed by atoms with van der Waals surface area (Å²) in [7, 11) is 0. The third-order valence-corrected chi connectivity index (χ3v) is 7.30. The third-order valence-electron chi connectivity index (χ3n) is 7.30. The van der Waals surface area contributed by atoms with E-state index in [1.165, 1.54) is 0 Å². The van der Waals surface area contributed by atoms with Crippen LogP contribution in [0.4, 0.5) is 29.2 Å². The number of aromatic nitrogens is 3. The molecule has 2 aliphatic rings. The van der Waals surface area contributed by atoms with Gasteiger partial charge in [-0.15, -0.1) is 0 Å². The Hall–Kier alpha value is -4.04. The summed E-state index contributed by atoms with van der Waals surface area (Å²) in [6.45, 7) is 5.98. The molecule has 11 N–H and O–H groups in total. The van der Waals surface area contributed by atoms with Gasteiger partial charge in [-0.05, 0) is 68.1 Å². The molecule has 4 atom stereocenters. The van der Waals surface area contributed by atoms with Crippen molar-refractivity contribution in [3.63, 3.8) is 0 Å². The Balaban J connectivity index is 1.37. The van der Waals surface area contributed by atoms with Crippen LogP contribution in [0.25, 0.3) is 0 Å². The monoisotopic (exact) mass is 561 g/mol. The minimum absolute atomic E-state index is 0.0286. The van der Waals surface area contributed by atoms with Crippen molar-refractivity contribution < 1.29 is 9.90 Å². The number of nitrogens with one attached hydrogen (secondary N) is 2. The quantitative estimate of drug-likeness (QED) is 0.224. The van der Waals surface area contributed by atoms with Crippen LogP contribution in [0.1, 0.15) is 34.3 Å². The number of benzene rings is 2. The lowest BCUT2D eigenvalue weighted by molar-refractivity contribution is 0.102. The van der Waals surface area contributed by atoms with Crippen molar-refractivity contribution in [2.75, 3.05) is 46.6 Å². The topological polar surface area (TPSA) is 211 Å². The number of carbonyl (C=O) groups excluding carboxylic acids is 1. The molecule has 2 fully saturated rings. The van der Waals surface area contributed by atoms with Gasteiger partial charge in [0.1, 0.15) is 5.75 Å². The molecule has 0 spiro atoms. The highest BCUT2D eigenvalue weighted by molar-refractivity contribution is 6.06. The highest BCUT2D eigenvalue weighted by atomic mass is 16.3. The van der Waals surface area contributed by atoms with Crippen molar-refractivity contribution in [3.05, 3.63) is 53.1 Å². The van der Waals surface area contributed by atoms with E-state index in [1.807, 2.05) is 22.8 Å². The average molecular weight is 562 g/mol. The van der Waals surface area contributed by atoms with Crippen molar-refractivity contribution in [2.24, 2.45) is 22.9 Å². The molecule has 13 nitrogen and oxygen atoms in total. The van der Waals surface area contributed by atoms with Gasteiger partial charge in [-0.2, -0.15) is 15.0 Å². The summed E-state index contributed by atoms with van der Waals surface area (Å²) in [5.41, 5.74) is 28.0. The van der Waals surface area contributed by atoms with Crippen molar-refractivity contribution in [1.82, 2.24) is 15.0 Å². The Bertz CT molecular complexity index is 1340. The van der Waals surface area contributed by atoms with Crippen molar-refractivity contribution >= 4 is 35.1 Å². The number of anilines is 5. The van der Waals surface area contributed by atoms with E-state index >= 15 is 0 Å². The first-order chi connectivity index (χ1) is 19.5. The predicted molar refractivity (Wildman–Crippen MR) is 161 cm³/mol. The fourth-order valence-electron chi connectivity index (χ4n) is 5.47. The van der Waals surface area contributed by atoms with Gasteiger partial charge in [-0.3, -0.25) is 4.79 Å². The Labute approximate surface area is 239 Å². The maximum atomic E-state index is 12.8. The van der Waals surface area contributed by atoms with Crippen LogP contribution in [0, 0.1) is 13.8 Å². The number of amides is 1. The SMILES string of the molecule is Cc1cc(C)c(O)c(C(=O)Nc2ccc(Nc3nc(N4C[C@H](N)C[C@H](N)C4)nc(N4C[C@H](N)C[C@H](N)C4)n3)cc2)c1. The number of hydrogen-bond donors (Lipinski definition) is 7. The van der Waals surface area contributed by atoms with Gasteiger partial charge in [-0.1, -0.05) is 6.07 Å². The van der Waals surface area contributed by atoms with Crippen LogP contribution in [-0.4, -0.2) is 76.3 Å². The number of aryl methyl sites for hydroxylation is 2. The van der Waals surface area contributed by atoms with Gasteiger partial charge in [0.15, 0.2) is 0 Å². The largest absolute Gasteiger partial charge is 0.507 e. The van der Waals surface area contributed by atoms with Gasteiger partial charge < -0.3 is 48.5 Å². The Morgan fingerprint density at radius 1 is 0.805 bits per heavy atom. The molecule has 1 amide bonds. The molecule has 0 aliphatic carbocycles. The molecular formula is C28H39N11O2. The van der Waals surface area contributed by atoms with E-state index in [1.54, 1.807) is 37.3 Å². The smallest absolute Gasteiger partial charge is 0.259 e. The lowest BCUT2D eigenvalue weighted by Crippen LogP contribution is -2.54. The van der Waals surface area contributed by atoms with E-state index in [-0.39, 0.29) is 35.5 Å². The Morgan fingerprint density at radius 2 is 1.29 bits per heavy atom. The van der Waals surface area contributed by atoms with Crippen LogP contribution in [0.15, 0.2) is 36.4 Å². The number of phenols is 1. The second-order valence-electron chi connectivity index (χ2n) is 11.2. The first kappa shape index (κ1) is 28.5. The normalized spacial score (nSPS) is 22.9. The van der Waals surface area contributed by atoms with Crippen LogP contribution < -0.4 is 43.4 Å². The Kier molecular flexibility index (Phi) is 8.22. The molecular weight excluding hydrogens is 522 g/mol. The van der Waals surface area contributed by atoms with Gasteiger partial charge in [0.05, 0.1) is 5.56 Å². The van der Waals surface area contributed by atoms with Gasteiger partial charge in [0.25, 0.3) is 5.91 Å². The summed E-state index contributed by atoms with van der Waals surface area (Å²) >= 11 is 0. The van der Waals surface area contributed by atoms with Crippen molar-refractivity contribution in [2.45, 2.75) is 50.9 Å². The molecule has 218 valence electrons. The van der Waals surface area contributed by atoms with E-state index in [0.29, 0.717) is 61.0 Å². The number of nitrogens with two attached hydrogens (primary N) is 4. The summed E-state index contributed by atoms with van der Waals surface area (Å²) in [5, 5.41) is 16.4. The molecule has 0 unspecified atom stereocenters. The minimum atomic E-state index is -0.391. The number of hydrogen-bond acceptors (Lipinski definition) is 12. The van der Waals surface area contributed by atoms with E-state index in [2.05, 4.69) is 20.6 Å². The summed E-state index contributed by atoms with van der Waals surface area (Å²) in [6, 6.07) is 10.3. The lowest BCUT2D eigenvalue weighted by atomic mass is 10.0. The second kappa shape index (κ2) is 11.8. The molecule has 2 aliphatic heterocycles. The molecule has 0 radical (unpaired) electrons. The van der Waals surface area contributed by atoms with E-state index in [0.717, 1.165) is 18.4 Å². The first-order valence-corrected chi connectivity index (χ1v) is 13.8. The third kappa shape index (κ3) is 6.82. The molecule has 3 aromatic rings. The van der Waals surface area contributed by atoms with Crippen LogP contribution in [-0.2, 0) is 0 Å². The maximum Gasteiger partial charge on any atom is 0.259 e. The molecule has 41 heavy (non-hydrogen) atoms. The first-order valence-electron chi connectivity index (χ1n) is 13.8. The number of nitrogens with zero attached hydrogens (tertiary/aromatic N) is 5. The second-order valence-corrected chi connectivity index (χ2v) is 11.2. The number of carbonyl (C=O) groups is 1. The molecule has 0 bridgehead atoms. The maximum absolute atomic E-state index is 12.8. The standard InChI is InChI=1S/C28H39N11O2/c1-15-7-16(2)24(40)23(8-15)25(41)33-21-3-5-22(6-4-21)34-26-35-27(38-11-17(29)9-18(30)12-38)37-28(36-26)39-13-19(31)10-20(32)14-39/h3-8,17-20,40H,9-14,29-32H2,1-2H3,(H,33,41)(H,34,35,36,37)/t17-,18+,19-,20+. The zero-order chi connectivity index (χ0) is 29.3. The fourth-order valence-corrected chi connectivity index (χ4v) is 5.47. The summed E-state index contributed by atoms with van der Waals surface area (Å²) in [6.07, 6.45) is 1.47. The molecule has 2 saturated heterocycles. The number of phenolic OH excluding ortho intramolecular Hbond substituents is 1.